The molecule has 0 heterocycles. The Hall–Kier alpha value is -0.900. The van der Waals surface area contributed by atoms with Gasteiger partial charge in [0.15, 0.2) is 0 Å². The summed E-state index contributed by atoms with van der Waals surface area (Å²) in [5.74, 6) is -0.876. The molecule has 0 saturated carbocycles. The van der Waals surface area contributed by atoms with Gasteiger partial charge in [-0.05, 0) is 19.1 Å². The largest absolute Gasteiger partial charge is 0.487 e. The number of hydrogen-bond acceptors (Lipinski definition) is 1. The van der Waals surface area contributed by atoms with E-state index in [1.807, 2.05) is 0 Å². The first-order valence-corrected chi connectivity index (χ1v) is 3.79. The van der Waals surface area contributed by atoms with Gasteiger partial charge in [-0.15, -0.1) is 8.78 Å². The summed E-state index contributed by atoms with van der Waals surface area (Å²) in [6, 6.07) is 3.63. The molecule has 5 heteroatoms. The second-order valence-electron chi connectivity index (χ2n) is 2.41. The van der Waals surface area contributed by atoms with Gasteiger partial charge >= 0.3 is 5.57 Å². The maximum Gasteiger partial charge on any atom is 0.487 e. The first-order chi connectivity index (χ1) is 5.90. The zero-order chi connectivity index (χ0) is 10.1. The molecule has 0 aliphatic rings. The summed E-state index contributed by atoms with van der Waals surface area (Å²) in [6.45, 7) is 1.33. The molecule has 1 rings (SSSR count). The van der Waals surface area contributed by atoms with Crippen LogP contribution in [0.3, 0.4) is 0 Å². The smallest absolute Gasteiger partial charge is 0.420 e. The molecule has 13 heavy (non-hydrogen) atoms. The lowest BCUT2D eigenvalue weighted by molar-refractivity contribution is -0.0970. The summed E-state index contributed by atoms with van der Waals surface area (Å²) >= 11 is 4.51. The fraction of sp³-hybridized carbons (Fsp3) is 0.250. The summed E-state index contributed by atoms with van der Waals surface area (Å²) in [5, 5.41) is 0. The molecule has 72 valence electrons. The molecular weight excluding hydrogens is 205 g/mol. The number of hydrogen-bond donors (Lipinski definition) is 0. The Morgan fingerprint density at radius 1 is 1.38 bits per heavy atom. The molecule has 1 aromatic rings. The van der Waals surface area contributed by atoms with Crippen LogP contribution in [0.2, 0.25) is 0 Å². The second-order valence-corrected chi connectivity index (χ2v) is 2.85. The number of rotatable bonds is 2. The Kier molecular flexibility index (Phi) is 2.71. The first kappa shape index (κ1) is 10.2. The van der Waals surface area contributed by atoms with Gasteiger partial charge in [-0.3, -0.25) is 0 Å². The number of alkyl halides is 3. The maximum absolute atomic E-state index is 12.8. The Balaban J connectivity index is 2.96. The van der Waals surface area contributed by atoms with Crippen LogP contribution >= 0.6 is 11.6 Å². The van der Waals surface area contributed by atoms with Crippen molar-refractivity contribution in [1.82, 2.24) is 0 Å². The minimum Gasteiger partial charge on any atom is -0.420 e. The highest BCUT2D eigenvalue weighted by Crippen LogP contribution is 2.28. The Morgan fingerprint density at radius 2 is 2.00 bits per heavy atom. The van der Waals surface area contributed by atoms with Crippen molar-refractivity contribution in [3.05, 3.63) is 29.6 Å². The third-order valence-corrected chi connectivity index (χ3v) is 1.52. The molecular formula is C8H6ClF3O. The van der Waals surface area contributed by atoms with Crippen LogP contribution < -0.4 is 4.74 Å². The van der Waals surface area contributed by atoms with Crippen molar-refractivity contribution in [3.63, 3.8) is 0 Å². The third-order valence-electron chi connectivity index (χ3n) is 1.44. The van der Waals surface area contributed by atoms with E-state index in [1.54, 1.807) is 0 Å². The van der Waals surface area contributed by atoms with Crippen LogP contribution in [0.4, 0.5) is 13.2 Å². The van der Waals surface area contributed by atoms with Crippen LogP contribution in [0.15, 0.2) is 18.2 Å². The molecule has 0 aromatic heterocycles. The van der Waals surface area contributed by atoms with E-state index >= 15 is 0 Å². The second kappa shape index (κ2) is 3.46. The van der Waals surface area contributed by atoms with Gasteiger partial charge in [-0.25, -0.2) is 4.39 Å². The number of benzene rings is 1. The average molecular weight is 211 g/mol. The first-order valence-electron chi connectivity index (χ1n) is 3.41. The summed E-state index contributed by atoms with van der Waals surface area (Å²) in [7, 11) is 0. The van der Waals surface area contributed by atoms with Gasteiger partial charge in [-0.1, -0.05) is 6.07 Å². The average Bonchev–Trinajstić information content (AvgIpc) is 1.96. The molecule has 0 saturated heterocycles. The minimum atomic E-state index is -3.81. The Labute approximate surface area is 78.1 Å². The molecule has 0 amide bonds. The molecule has 0 aliphatic carbocycles. The fourth-order valence-electron chi connectivity index (χ4n) is 0.823. The summed E-state index contributed by atoms with van der Waals surface area (Å²) in [6.07, 6.45) is 0. The Morgan fingerprint density at radius 3 is 2.54 bits per heavy atom. The minimum absolute atomic E-state index is 0.00262. The summed E-state index contributed by atoms with van der Waals surface area (Å²) in [4.78, 5) is 0. The van der Waals surface area contributed by atoms with E-state index in [2.05, 4.69) is 16.3 Å². The van der Waals surface area contributed by atoms with Crippen molar-refractivity contribution in [1.29, 1.82) is 0 Å². The Bertz CT molecular complexity index is 309. The molecule has 1 nitrogen and oxygen atoms in total. The molecule has 0 atom stereocenters. The van der Waals surface area contributed by atoms with Crippen molar-refractivity contribution in [2.75, 3.05) is 0 Å². The van der Waals surface area contributed by atoms with Gasteiger partial charge in [0.1, 0.15) is 11.6 Å². The van der Waals surface area contributed by atoms with Crippen LogP contribution in [0, 0.1) is 12.7 Å². The third kappa shape index (κ3) is 2.81. The van der Waals surface area contributed by atoms with Crippen LogP contribution in [0.1, 0.15) is 5.56 Å². The van der Waals surface area contributed by atoms with E-state index in [4.69, 9.17) is 0 Å². The zero-order valence-corrected chi connectivity index (χ0v) is 7.41. The molecule has 0 N–H and O–H groups in total. The molecule has 0 aliphatic heterocycles. The number of halogens is 4. The predicted octanol–water partition coefficient (Wildman–Crippen LogP) is 3.30. The van der Waals surface area contributed by atoms with E-state index in [1.165, 1.54) is 19.1 Å². The van der Waals surface area contributed by atoms with Gasteiger partial charge in [-0.2, -0.15) is 0 Å². The van der Waals surface area contributed by atoms with Gasteiger partial charge in [0.05, 0.1) is 0 Å². The molecule has 0 spiro atoms. The van der Waals surface area contributed by atoms with E-state index in [0.29, 0.717) is 0 Å². The zero-order valence-electron chi connectivity index (χ0n) is 6.65. The van der Waals surface area contributed by atoms with Crippen LogP contribution in [-0.4, -0.2) is 5.57 Å². The molecule has 0 radical (unpaired) electrons. The van der Waals surface area contributed by atoms with E-state index in [0.717, 1.165) is 6.07 Å². The normalized spacial score (nSPS) is 11.5. The van der Waals surface area contributed by atoms with Crippen LogP contribution in [0.5, 0.6) is 5.75 Å². The molecule has 0 unspecified atom stereocenters. The van der Waals surface area contributed by atoms with Crippen molar-refractivity contribution in [2.45, 2.75) is 12.5 Å². The fourth-order valence-corrected chi connectivity index (χ4v) is 0.906. The maximum atomic E-state index is 12.8. The lowest BCUT2D eigenvalue weighted by Crippen LogP contribution is -2.16. The topological polar surface area (TPSA) is 9.23 Å². The standard InChI is InChI=1S/C8H6ClF3O/c1-5-6(10)3-2-4-7(5)13-8(9,11)12/h2-4H,1H3. The highest BCUT2D eigenvalue weighted by molar-refractivity contribution is 6.20. The summed E-state index contributed by atoms with van der Waals surface area (Å²) < 4.78 is 41.1. The summed E-state index contributed by atoms with van der Waals surface area (Å²) in [5.41, 5.74) is -3.80. The molecule has 0 fully saturated rings. The van der Waals surface area contributed by atoms with E-state index in [-0.39, 0.29) is 11.3 Å². The van der Waals surface area contributed by atoms with Crippen molar-refractivity contribution < 1.29 is 17.9 Å². The van der Waals surface area contributed by atoms with Crippen LogP contribution in [0.25, 0.3) is 0 Å². The van der Waals surface area contributed by atoms with E-state index < -0.39 is 11.4 Å². The lowest BCUT2D eigenvalue weighted by atomic mass is 10.2. The van der Waals surface area contributed by atoms with Gasteiger partial charge < -0.3 is 4.74 Å². The van der Waals surface area contributed by atoms with Gasteiger partial charge in [0.2, 0.25) is 0 Å². The van der Waals surface area contributed by atoms with Crippen LogP contribution in [-0.2, 0) is 0 Å². The van der Waals surface area contributed by atoms with Crippen molar-refractivity contribution >= 4 is 11.6 Å². The molecule has 1 aromatic carbocycles. The lowest BCUT2D eigenvalue weighted by Gasteiger charge is -2.12. The predicted molar refractivity (Wildman–Crippen MR) is 42.6 cm³/mol. The highest BCUT2D eigenvalue weighted by Gasteiger charge is 2.28. The SMILES string of the molecule is Cc1c(F)cccc1OC(F)(F)Cl. The molecule has 0 bridgehead atoms. The van der Waals surface area contributed by atoms with Gasteiger partial charge in [0, 0.05) is 17.2 Å². The van der Waals surface area contributed by atoms with Crippen molar-refractivity contribution in [2.24, 2.45) is 0 Å². The monoisotopic (exact) mass is 210 g/mol. The van der Waals surface area contributed by atoms with Gasteiger partial charge in [0.25, 0.3) is 0 Å². The van der Waals surface area contributed by atoms with E-state index in [9.17, 15) is 13.2 Å². The highest BCUT2D eigenvalue weighted by atomic mass is 35.5. The number of ether oxygens (including phenoxy) is 1. The quantitative estimate of drug-likeness (QED) is 0.681. The van der Waals surface area contributed by atoms with Crippen molar-refractivity contribution in [3.8, 4) is 5.75 Å².